The number of fused-ring (bicyclic) bond motifs is 1. The second kappa shape index (κ2) is 6.89. The van der Waals surface area contributed by atoms with E-state index in [-0.39, 0.29) is 18.6 Å². The summed E-state index contributed by atoms with van der Waals surface area (Å²) in [5.74, 6) is -1.17. The summed E-state index contributed by atoms with van der Waals surface area (Å²) in [5, 5.41) is 15.2. The highest BCUT2D eigenvalue weighted by molar-refractivity contribution is 7.09. The van der Waals surface area contributed by atoms with Crippen LogP contribution in [-0.4, -0.2) is 33.1 Å². The molecule has 3 heterocycles. The van der Waals surface area contributed by atoms with Crippen molar-refractivity contribution >= 4 is 39.8 Å². The summed E-state index contributed by atoms with van der Waals surface area (Å²) < 4.78 is 7.25. The van der Waals surface area contributed by atoms with Crippen LogP contribution in [0.4, 0.5) is 5.69 Å². The van der Waals surface area contributed by atoms with Gasteiger partial charge in [-0.3, -0.25) is 9.59 Å². The van der Waals surface area contributed by atoms with Crippen LogP contribution in [0.25, 0.3) is 10.9 Å². The molecule has 0 radical (unpaired) electrons. The number of ether oxygens (including phenoxy) is 1. The van der Waals surface area contributed by atoms with Crippen LogP contribution in [0.5, 0.6) is 0 Å². The maximum Gasteiger partial charge on any atom is 0.323 e. The summed E-state index contributed by atoms with van der Waals surface area (Å²) in [6.07, 6.45) is 3.69. The van der Waals surface area contributed by atoms with Gasteiger partial charge in [0.25, 0.3) is 5.91 Å². The SMILES string of the molecule is O=C(O)Cn1ccc2cc(NC(=O)c3csc(C4CCCO4)n3)ccc21. The van der Waals surface area contributed by atoms with Gasteiger partial charge in [-0.1, -0.05) is 0 Å². The average Bonchev–Trinajstić information content (AvgIpc) is 3.35. The van der Waals surface area contributed by atoms with Gasteiger partial charge in [-0.15, -0.1) is 11.3 Å². The number of carbonyl (C=O) groups is 2. The van der Waals surface area contributed by atoms with Crippen molar-refractivity contribution in [3.05, 3.63) is 46.5 Å². The molecule has 1 fully saturated rings. The fourth-order valence-corrected chi connectivity index (χ4v) is 3.95. The fraction of sp³-hybridized carbons (Fsp3) is 0.278. The number of carboxylic acids is 1. The summed E-state index contributed by atoms with van der Waals surface area (Å²) in [5.41, 5.74) is 1.83. The zero-order valence-corrected chi connectivity index (χ0v) is 14.7. The molecule has 2 aromatic heterocycles. The molecule has 1 atom stereocenters. The molecule has 1 aliphatic rings. The second-order valence-electron chi connectivity index (χ2n) is 6.14. The van der Waals surface area contributed by atoms with E-state index in [2.05, 4.69) is 10.3 Å². The summed E-state index contributed by atoms with van der Waals surface area (Å²) in [4.78, 5) is 27.7. The number of carbonyl (C=O) groups excluding carboxylic acids is 1. The van der Waals surface area contributed by atoms with Gasteiger partial charge in [-0.2, -0.15) is 0 Å². The largest absolute Gasteiger partial charge is 0.480 e. The summed E-state index contributed by atoms with van der Waals surface area (Å²) in [6, 6.07) is 7.20. The van der Waals surface area contributed by atoms with E-state index in [4.69, 9.17) is 9.84 Å². The molecule has 134 valence electrons. The molecule has 1 aromatic carbocycles. The minimum absolute atomic E-state index is 0.00639. The monoisotopic (exact) mass is 371 g/mol. The molecule has 26 heavy (non-hydrogen) atoms. The molecule has 3 aromatic rings. The Morgan fingerprint density at radius 2 is 2.27 bits per heavy atom. The van der Waals surface area contributed by atoms with Crippen LogP contribution in [0, 0.1) is 0 Å². The molecular formula is C18H17N3O4S. The predicted molar refractivity (Wildman–Crippen MR) is 97.6 cm³/mol. The number of thiazole rings is 1. The number of aliphatic carboxylic acids is 1. The molecule has 0 bridgehead atoms. The number of nitrogens with zero attached hydrogens (tertiary/aromatic N) is 2. The van der Waals surface area contributed by atoms with Gasteiger partial charge in [0.15, 0.2) is 0 Å². The molecule has 7 nitrogen and oxygen atoms in total. The van der Waals surface area contributed by atoms with E-state index < -0.39 is 5.97 Å². The van der Waals surface area contributed by atoms with Gasteiger partial charge in [0.1, 0.15) is 23.4 Å². The van der Waals surface area contributed by atoms with Gasteiger partial charge in [0.2, 0.25) is 0 Å². The number of rotatable bonds is 5. The topological polar surface area (TPSA) is 93.5 Å². The van der Waals surface area contributed by atoms with Crippen molar-refractivity contribution in [3.63, 3.8) is 0 Å². The third-order valence-electron chi connectivity index (χ3n) is 4.29. The lowest BCUT2D eigenvalue weighted by molar-refractivity contribution is -0.137. The number of hydrogen-bond donors (Lipinski definition) is 2. The predicted octanol–water partition coefficient (Wildman–Crippen LogP) is 3.29. The summed E-state index contributed by atoms with van der Waals surface area (Å²) in [7, 11) is 0. The molecule has 0 spiro atoms. The quantitative estimate of drug-likeness (QED) is 0.718. The van der Waals surface area contributed by atoms with Gasteiger partial charge in [-0.25, -0.2) is 4.98 Å². The molecule has 1 aliphatic heterocycles. The summed E-state index contributed by atoms with van der Waals surface area (Å²) in [6.45, 7) is 0.646. The third-order valence-corrected chi connectivity index (χ3v) is 5.23. The first-order chi connectivity index (χ1) is 12.6. The highest BCUT2D eigenvalue weighted by Gasteiger charge is 2.22. The Hall–Kier alpha value is -2.71. The highest BCUT2D eigenvalue weighted by Crippen LogP contribution is 2.30. The van der Waals surface area contributed by atoms with Crippen LogP contribution < -0.4 is 5.32 Å². The molecule has 2 N–H and O–H groups in total. The van der Waals surface area contributed by atoms with E-state index in [9.17, 15) is 9.59 Å². The van der Waals surface area contributed by atoms with Crippen molar-refractivity contribution in [1.29, 1.82) is 0 Å². The van der Waals surface area contributed by atoms with Gasteiger partial charge >= 0.3 is 5.97 Å². The van der Waals surface area contributed by atoms with Crippen LogP contribution in [0.1, 0.15) is 34.4 Å². The van der Waals surface area contributed by atoms with Crippen LogP contribution in [0.15, 0.2) is 35.8 Å². The number of carboxylic acid groups (broad SMARTS) is 1. The molecular weight excluding hydrogens is 354 g/mol. The van der Waals surface area contributed by atoms with E-state index in [1.54, 1.807) is 28.3 Å². The average molecular weight is 371 g/mol. The van der Waals surface area contributed by atoms with E-state index in [0.717, 1.165) is 35.4 Å². The molecule has 1 amide bonds. The van der Waals surface area contributed by atoms with Gasteiger partial charge < -0.3 is 19.7 Å². The van der Waals surface area contributed by atoms with Gasteiger partial charge in [-0.05, 0) is 37.1 Å². The molecule has 0 saturated carbocycles. The Kier molecular flexibility index (Phi) is 4.44. The first-order valence-electron chi connectivity index (χ1n) is 8.29. The zero-order valence-electron chi connectivity index (χ0n) is 13.8. The zero-order chi connectivity index (χ0) is 18.1. The fourth-order valence-electron chi connectivity index (χ4n) is 3.07. The smallest absolute Gasteiger partial charge is 0.323 e. The number of anilines is 1. The second-order valence-corrected chi connectivity index (χ2v) is 7.03. The maximum atomic E-state index is 12.4. The van der Waals surface area contributed by atoms with Crippen molar-refractivity contribution in [2.24, 2.45) is 0 Å². The van der Waals surface area contributed by atoms with Crippen molar-refractivity contribution in [2.45, 2.75) is 25.5 Å². The number of nitrogens with one attached hydrogen (secondary N) is 1. The molecule has 8 heteroatoms. The molecule has 0 aliphatic carbocycles. The van der Waals surface area contributed by atoms with Crippen molar-refractivity contribution in [2.75, 3.05) is 11.9 Å². The van der Waals surface area contributed by atoms with E-state index >= 15 is 0 Å². The van der Waals surface area contributed by atoms with Crippen molar-refractivity contribution in [3.8, 4) is 0 Å². The van der Waals surface area contributed by atoms with Crippen LogP contribution >= 0.6 is 11.3 Å². The van der Waals surface area contributed by atoms with E-state index in [0.29, 0.717) is 11.4 Å². The number of hydrogen-bond acceptors (Lipinski definition) is 5. The first kappa shape index (κ1) is 16.7. The highest BCUT2D eigenvalue weighted by atomic mass is 32.1. The third kappa shape index (κ3) is 3.33. The first-order valence-corrected chi connectivity index (χ1v) is 9.17. The maximum absolute atomic E-state index is 12.4. The lowest BCUT2D eigenvalue weighted by atomic mass is 10.2. The Bertz CT molecular complexity index is 972. The normalized spacial score (nSPS) is 16.8. The Balaban J connectivity index is 1.49. The lowest BCUT2D eigenvalue weighted by Gasteiger charge is -2.06. The lowest BCUT2D eigenvalue weighted by Crippen LogP contribution is -2.12. The number of amides is 1. The van der Waals surface area contributed by atoms with Crippen molar-refractivity contribution < 1.29 is 19.4 Å². The van der Waals surface area contributed by atoms with Crippen LogP contribution in [0.3, 0.4) is 0 Å². The molecule has 1 unspecified atom stereocenters. The van der Waals surface area contributed by atoms with Crippen LogP contribution in [-0.2, 0) is 16.1 Å². The number of aromatic nitrogens is 2. The minimum atomic E-state index is -0.898. The van der Waals surface area contributed by atoms with E-state index in [1.165, 1.54) is 11.3 Å². The Labute approximate surface area is 153 Å². The summed E-state index contributed by atoms with van der Waals surface area (Å²) >= 11 is 1.44. The molecule has 4 rings (SSSR count). The Morgan fingerprint density at radius 1 is 1.38 bits per heavy atom. The van der Waals surface area contributed by atoms with Gasteiger partial charge in [0, 0.05) is 34.8 Å². The Morgan fingerprint density at radius 3 is 3.04 bits per heavy atom. The number of benzene rings is 1. The van der Waals surface area contributed by atoms with E-state index in [1.807, 2.05) is 12.1 Å². The minimum Gasteiger partial charge on any atom is -0.480 e. The molecule has 1 saturated heterocycles. The van der Waals surface area contributed by atoms with Gasteiger partial charge in [0.05, 0.1) is 0 Å². The van der Waals surface area contributed by atoms with Crippen molar-refractivity contribution in [1.82, 2.24) is 9.55 Å². The standard InChI is InChI=1S/C18H17N3O4S/c22-16(23)9-21-6-5-11-8-12(3-4-14(11)21)19-17(24)13-10-26-18(20-13)15-2-1-7-25-15/h3-6,8,10,15H,1-2,7,9H2,(H,19,24)(H,22,23). The van der Waals surface area contributed by atoms with Crippen LogP contribution in [0.2, 0.25) is 0 Å².